The molecule has 0 saturated heterocycles. The van der Waals surface area contributed by atoms with E-state index in [2.05, 4.69) is 120 Å². The molecule has 0 amide bonds. The van der Waals surface area contributed by atoms with Gasteiger partial charge in [-0.3, -0.25) is 0 Å². The number of hydrogen-bond acceptors (Lipinski definition) is 5. The number of rotatable bonds is 7. The lowest BCUT2D eigenvalue weighted by molar-refractivity contribution is 0.672. The van der Waals surface area contributed by atoms with Crippen LogP contribution >= 0.6 is 0 Å². The van der Waals surface area contributed by atoms with Gasteiger partial charge >= 0.3 is 0 Å². The van der Waals surface area contributed by atoms with Crippen molar-refractivity contribution in [1.29, 1.82) is 0 Å². The summed E-state index contributed by atoms with van der Waals surface area (Å²) in [7, 11) is 0. The molecule has 0 fully saturated rings. The standard InChI is InChI=1S/C49H32N4O/c1-5-15-33(16-6-1)34-25-28-39(29-26-34)53(38-21-11-4-12-22-38)44-32-43-42-31-37(27-30-45(42)54-46(43)41-24-14-13-23-40(41)44)49-51-47(35-17-7-2-8-18-35)50-48(52-49)36-19-9-3-10-20-36/h1-32H. The molecule has 0 aliphatic carbocycles. The first kappa shape index (κ1) is 31.4. The molecule has 0 radical (unpaired) electrons. The van der Waals surface area contributed by atoms with Crippen LogP contribution in [-0.2, 0) is 0 Å². The molecule has 5 heteroatoms. The van der Waals surface area contributed by atoms with Crippen molar-refractivity contribution in [3.05, 3.63) is 194 Å². The SMILES string of the molecule is c1ccc(-c2ccc(N(c3ccccc3)c3cc4c5cc(-c6nc(-c7ccccc7)nc(-c7ccccc7)n6)ccc5oc4c4ccccc34)cc2)cc1. The number of anilines is 3. The van der Waals surface area contributed by atoms with E-state index in [1.54, 1.807) is 0 Å². The number of benzene rings is 8. The number of furan rings is 1. The summed E-state index contributed by atoms with van der Waals surface area (Å²) in [5.41, 5.74) is 9.94. The Labute approximate surface area is 312 Å². The van der Waals surface area contributed by atoms with E-state index in [0.29, 0.717) is 17.5 Å². The highest BCUT2D eigenvalue weighted by atomic mass is 16.3. The summed E-state index contributed by atoms with van der Waals surface area (Å²) >= 11 is 0. The summed E-state index contributed by atoms with van der Waals surface area (Å²) in [6.07, 6.45) is 0. The van der Waals surface area contributed by atoms with Crippen molar-refractivity contribution in [3.63, 3.8) is 0 Å². The van der Waals surface area contributed by atoms with Crippen LogP contribution in [0.3, 0.4) is 0 Å². The van der Waals surface area contributed by atoms with Gasteiger partial charge in [0.15, 0.2) is 17.5 Å². The van der Waals surface area contributed by atoms with Gasteiger partial charge in [-0.05, 0) is 59.7 Å². The summed E-state index contributed by atoms with van der Waals surface area (Å²) in [5, 5.41) is 4.15. The van der Waals surface area contributed by atoms with Crippen LogP contribution in [0.15, 0.2) is 199 Å². The van der Waals surface area contributed by atoms with Gasteiger partial charge in [-0.2, -0.15) is 0 Å². The van der Waals surface area contributed by atoms with Gasteiger partial charge < -0.3 is 9.32 Å². The molecule has 2 heterocycles. The first-order chi connectivity index (χ1) is 26.8. The van der Waals surface area contributed by atoms with E-state index in [-0.39, 0.29) is 0 Å². The van der Waals surface area contributed by atoms with E-state index >= 15 is 0 Å². The molecule has 8 aromatic carbocycles. The Bertz CT molecular complexity index is 2850. The van der Waals surface area contributed by atoms with Crippen LogP contribution in [0.2, 0.25) is 0 Å². The molecule has 254 valence electrons. The fourth-order valence-corrected chi connectivity index (χ4v) is 7.28. The fourth-order valence-electron chi connectivity index (χ4n) is 7.28. The van der Waals surface area contributed by atoms with Crippen molar-refractivity contribution in [2.24, 2.45) is 0 Å². The van der Waals surface area contributed by atoms with Crippen LogP contribution in [0.5, 0.6) is 0 Å². The van der Waals surface area contributed by atoms with Crippen LogP contribution < -0.4 is 4.90 Å². The van der Waals surface area contributed by atoms with Gasteiger partial charge in [0.25, 0.3) is 0 Å². The minimum absolute atomic E-state index is 0.601. The van der Waals surface area contributed by atoms with Crippen molar-refractivity contribution < 1.29 is 4.42 Å². The molecule has 0 spiro atoms. The highest BCUT2D eigenvalue weighted by molar-refractivity contribution is 6.20. The van der Waals surface area contributed by atoms with Crippen molar-refractivity contribution in [2.45, 2.75) is 0 Å². The minimum Gasteiger partial charge on any atom is -0.455 e. The second-order valence-corrected chi connectivity index (χ2v) is 13.3. The molecular weight excluding hydrogens is 661 g/mol. The Balaban J connectivity index is 1.17. The third-order valence-electron chi connectivity index (χ3n) is 9.90. The van der Waals surface area contributed by atoms with Gasteiger partial charge in [0.2, 0.25) is 0 Å². The molecule has 10 aromatic rings. The number of para-hydroxylation sites is 1. The normalized spacial score (nSPS) is 11.3. The van der Waals surface area contributed by atoms with E-state index in [1.165, 1.54) is 11.1 Å². The lowest BCUT2D eigenvalue weighted by Gasteiger charge is -2.27. The first-order valence-electron chi connectivity index (χ1n) is 18.0. The molecular formula is C49H32N4O. The lowest BCUT2D eigenvalue weighted by atomic mass is 10.0. The maximum atomic E-state index is 6.68. The van der Waals surface area contributed by atoms with Gasteiger partial charge in [0.05, 0.1) is 5.69 Å². The van der Waals surface area contributed by atoms with Gasteiger partial charge in [0.1, 0.15) is 11.2 Å². The molecule has 2 aromatic heterocycles. The van der Waals surface area contributed by atoms with E-state index in [1.807, 2.05) is 78.9 Å². The van der Waals surface area contributed by atoms with Crippen LogP contribution in [0.25, 0.3) is 78.0 Å². The van der Waals surface area contributed by atoms with Crippen molar-refractivity contribution >= 4 is 49.8 Å². The molecule has 0 unspecified atom stereocenters. The molecule has 0 saturated carbocycles. The largest absolute Gasteiger partial charge is 0.455 e. The zero-order valence-corrected chi connectivity index (χ0v) is 29.2. The first-order valence-corrected chi connectivity index (χ1v) is 18.0. The maximum Gasteiger partial charge on any atom is 0.164 e. The Morgan fingerprint density at radius 3 is 1.41 bits per heavy atom. The number of fused-ring (bicyclic) bond motifs is 5. The summed E-state index contributed by atoms with van der Waals surface area (Å²) < 4.78 is 6.68. The topological polar surface area (TPSA) is 55.1 Å². The van der Waals surface area contributed by atoms with Crippen LogP contribution in [0.4, 0.5) is 17.1 Å². The van der Waals surface area contributed by atoms with Gasteiger partial charge in [0, 0.05) is 49.6 Å². The molecule has 5 nitrogen and oxygen atoms in total. The Hall–Kier alpha value is -7.37. The van der Waals surface area contributed by atoms with E-state index in [0.717, 1.165) is 66.5 Å². The lowest BCUT2D eigenvalue weighted by Crippen LogP contribution is -2.10. The molecule has 0 bridgehead atoms. The summed E-state index contributed by atoms with van der Waals surface area (Å²) in [6, 6.07) is 66.9. The highest BCUT2D eigenvalue weighted by Gasteiger charge is 2.21. The third kappa shape index (κ3) is 5.65. The van der Waals surface area contributed by atoms with Crippen molar-refractivity contribution in [1.82, 2.24) is 15.0 Å². The molecule has 0 N–H and O–H groups in total. The second-order valence-electron chi connectivity index (χ2n) is 13.3. The van der Waals surface area contributed by atoms with E-state index in [4.69, 9.17) is 19.4 Å². The molecule has 54 heavy (non-hydrogen) atoms. The maximum absolute atomic E-state index is 6.68. The van der Waals surface area contributed by atoms with E-state index in [9.17, 15) is 0 Å². The quantitative estimate of drug-likeness (QED) is 0.166. The highest BCUT2D eigenvalue weighted by Crippen LogP contribution is 2.45. The smallest absolute Gasteiger partial charge is 0.164 e. The van der Waals surface area contributed by atoms with Crippen LogP contribution in [-0.4, -0.2) is 15.0 Å². The molecule has 10 rings (SSSR count). The van der Waals surface area contributed by atoms with Gasteiger partial charge in [-0.1, -0.05) is 146 Å². The summed E-state index contributed by atoms with van der Waals surface area (Å²) in [5.74, 6) is 1.85. The average molecular weight is 693 g/mol. The van der Waals surface area contributed by atoms with Crippen molar-refractivity contribution in [2.75, 3.05) is 4.90 Å². The van der Waals surface area contributed by atoms with Gasteiger partial charge in [-0.15, -0.1) is 0 Å². The summed E-state index contributed by atoms with van der Waals surface area (Å²) in [6.45, 7) is 0. The number of hydrogen-bond donors (Lipinski definition) is 0. The molecule has 0 atom stereocenters. The molecule has 0 aliphatic rings. The summed E-state index contributed by atoms with van der Waals surface area (Å²) in [4.78, 5) is 17.3. The van der Waals surface area contributed by atoms with Gasteiger partial charge in [-0.25, -0.2) is 15.0 Å². The van der Waals surface area contributed by atoms with E-state index < -0.39 is 0 Å². The Morgan fingerprint density at radius 1 is 0.333 bits per heavy atom. The molecule has 0 aliphatic heterocycles. The third-order valence-corrected chi connectivity index (χ3v) is 9.90. The zero-order valence-electron chi connectivity index (χ0n) is 29.2. The number of nitrogens with zero attached hydrogens (tertiary/aromatic N) is 4. The fraction of sp³-hybridized carbons (Fsp3) is 0. The van der Waals surface area contributed by atoms with Crippen LogP contribution in [0.1, 0.15) is 0 Å². The predicted molar refractivity (Wildman–Crippen MR) is 221 cm³/mol. The van der Waals surface area contributed by atoms with Crippen LogP contribution in [0, 0.1) is 0 Å². The minimum atomic E-state index is 0.601. The Kier molecular flexibility index (Phi) is 7.73. The average Bonchev–Trinajstić information content (AvgIpc) is 3.63. The monoisotopic (exact) mass is 692 g/mol. The Morgan fingerprint density at radius 2 is 0.796 bits per heavy atom. The predicted octanol–water partition coefficient (Wildman–Crippen LogP) is 13.1. The number of aromatic nitrogens is 3. The zero-order chi connectivity index (χ0) is 35.8. The second kappa shape index (κ2) is 13.3. The van der Waals surface area contributed by atoms with Crippen molar-refractivity contribution in [3.8, 4) is 45.3 Å².